The maximum atomic E-state index is 10.7. The smallest absolute Gasteiger partial charge is 0.271 e. The molecule has 0 aliphatic rings. The number of rotatable bonds is 6. The van der Waals surface area contributed by atoms with Gasteiger partial charge >= 0.3 is 0 Å². The van der Waals surface area contributed by atoms with Gasteiger partial charge in [0.05, 0.1) is 11.5 Å². The summed E-state index contributed by atoms with van der Waals surface area (Å²) >= 11 is 0. The van der Waals surface area contributed by atoms with Crippen molar-refractivity contribution < 1.29 is 10.0 Å². The first-order valence-corrected chi connectivity index (χ1v) is 5.32. The minimum absolute atomic E-state index is 0.00400. The number of hydrogen-bond acceptors (Lipinski definition) is 4. The lowest BCUT2D eigenvalue weighted by atomic mass is 10.1. The number of hydrogen-bond donors (Lipinski definition) is 1. The van der Waals surface area contributed by atoms with Crippen LogP contribution in [-0.2, 0) is 0 Å². The van der Waals surface area contributed by atoms with Gasteiger partial charge in [0.2, 0.25) is 0 Å². The Hall–Kier alpha value is -1.88. The van der Waals surface area contributed by atoms with Gasteiger partial charge in [-0.3, -0.25) is 10.1 Å². The van der Waals surface area contributed by atoms with E-state index in [1.165, 1.54) is 12.1 Å². The van der Waals surface area contributed by atoms with Crippen molar-refractivity contribution in [1.29, 1.82) is 0 Å². The van der Waals surface area contributed by atoms with E-state index in [4.69, 9.17) is 5.11 Å². The van der Waals surface area contributed by atoms with Crippen LogP contribution in [0.3, 0.4) is 0 Å². The molecule has 0 saturated heterocycles. The lowest BCUT2D eigenvalue weighted by molar-refractivity contribution is -0.384. The van der Waals surface area contributed by atoms with Crippen LogP contribution >= 0.6 is 0 Å². The molecular formula is C12H16N2O3. The van der Waals surface area contributed by atoms with E-state index in [9.17, 15) is 10.1 Å². The quantitative estimate of drug-likeness (QED) is 0.465. The van der Waals surface area contributed by atoms with Gasteiger partial charge < -0.3 is 10.0 Å². The Morgan fingerprint density at radius 3 is 2.82 bits per heavy atom. The lowest BCUT2D eigenvalue weighted by Gasteiger charge is -2.23. The van der Waals surface area contributed by atoms with Gasteiger partial charge in [-0.15, -0.1) is 6.58 Å². The van der Waals surface area contributed by atoms with Crippen molar-refractivity contribution in [1.82, 2.24) is 0 Å². The number of aliphatic hydroxyl groups is 1. The van der Waals surface area contributed by atoms with Crippen molar-refractivity contribution in [2.24, 2.45) is 0 Å². The minimum atomic E-state index is -0.423. The first kappa shape index (κ1) is 13.2. The number of nitro groups is 1. The zero-order chi connectivity index (χ0) is 12.8. The van der Waals surface area contributed by atoms with E-state index in [0.717, 1.165) is 11.3 Å². The van der Waals surface area contributed by atoms with E-state index in [-0.39, 0.29) is 12.3 Å². The first-order chi connectivity index (χ1) is 8.10. The Balaban J connectivity index is 3.11. The molecule has 0 unspecified atom stereocenters. The van der Waals surface area contributed by atoms with Crippen molar-refractivity contribution in [3.05, 3.63) is 46.5 Å². The van der Waals surface area contributed by atoms with Gasteiger partial charge in [-0.25, -0.2) is 0 Å². The Labute approximate surface area is 100 Å². The molecule has 0 amide bonds. The molecule has 0 aromatic heterocycles. The van der Waals surface area contributed by atoms with Crippen molar-refractivity contribution in [3.8, 4) is 0 Å². The fraction of sp³-hybridized carbons (Fsp3) is 0.333. The summed E-state index contributed by atoms with van der Waals surface area (Å²) in [5, 5.41) is 19.7. The molecule has 1 rings (SSSR count). The second kappa shape index (κ2) is 6.00. The zero-order valence-corrected chi connectivity index (χ0v) is 9.80. The maximum Gasteiger partial charge on any atom is 0.271 e. The third-order valence-electron chi connectivity index (χ3n) is 2.46. The minimum Gasteiger partial charge on any atom is -0.395 e. The van der Waals surface area contributed by atoms with E-state index in [1.54, 1.807) is 12.1 Å². The average Bonchev–Trinajstić information content (AvgIpc) is 2.29. The summed E-state index contributed by atoms with van der Waals surface area (Å²) in [5.74, 6) is 0. The third-order valence-corrected chi connectivity index (χ3v) is 2.46. The molecule has 92 valence electrons. The molecule has 0 aliphatic heterocycles. The van der Waals surface area contributed by atoms with Crippen LogP contribution in [0.1, 0.15) is 5.56 Å². The van der Waals surface area contributed by atoms with Gasteiger partial charge in [-0.1, -0.05) is 12.1 Å². The van der Waals surface area contributed by atoms with Crippen LogP contribution in [0.25, 0.3) is 0 Å². The molecule has 1 aromatic rings. The van der Waals surface area contributed by atoms with Gasteiger partial charge in [0.25, 0.3) is 5.69 Å². The van der Waals surface area contributed by atoms with Gasteiger partial charge in [0, 0.05) is 30.9 Å². The number of nitro benzene ring substituents is 1. The molecule has 17 heavy (non-hydrogen) atoms. The van der Waals surface area contributed by atoms with Crippen molar-refractivity contribution >= 4 is 11.4 Å². The maximum absolute atomic E-state index is 10.7. The fourth-order valence-electron chi connectivity index (χ4n) is 1.64. The van der Waals surface area contributed by atoms with E-state index < -0.39 is 4.92 Å². The molecule has 5 nitrogen and oxygen atoms in total. The van der Waals surface area contributed by atoms with Crippen molar-refractivity contribution in [3.63, 3.8) is 0 Å². The molecule has 0 saturated carbocycles. The van der Waals surface area contributed by atoms with Crippen LogP contribution in [0.15, 0.2) is 30.9 Å². The molecule has 0 spiro atoms. The summed E-state index contributed by atoms with van der Waals surface area (Å²) in [5.41, 5.74) is 1.75. The highest BCUT2D eigenvalue weighted by Crippen LogP contribution is 2.25. The second-order valence-electron chi connectivity index (χ2n) is 3.69. The molecule has 0 fully saturated rings. The summed E-state index contributed by atoms with van der Waals surface area (Å²) in [4.78, 5) is 12.2. The predicted molar refractivity (Wildman–Crippen MR) is 67.3 cm³/mol. The van der Waals surface area contributed by atoms with Crippen LogP contribution in [0.5, 0.6) is 0 Å². The molecule has 5 heteroatoms. The molecule has 0 heterocycles. The molecule has 0 radical (unpaired) electrons. The largest absolute Gasteiger partial charge is 0.395 e. The average molecular weight is 236 g/mol. The Morgan fingerprint density at radius 2 is 2.29 bits per heavy atom. The molecule has 1 N–H and O–H groups in total. The number of aliphatic hydroxyl groups excluding tert-OH is 1. The van der Waals surface area contributed by atoms with Crippen molar-refractivity contribution in [2.75, 3.05) is 24.6 Å². The van der Waals surface area contributed by atoms with Crippen LogP contribution < -0.4 is 4.90 Å². The Bertz CT molecular complexity index is 418. The summed E-state index contributed by atoms with van der Waals surface area (Å²) in [6.07, 6.45) is 1.70. The number of nitrogens with zero attached hydrogens (tertiary/aromatic N) is 2. The summed E-state index contributed by atoms with van der Waals surface area (Å²) in [6, 6.07) is 4.71. The fourth-order valence-corrected chi connectivity index (χ4v) is 1.64. The van der Waals surface area contributed by atoms with Crippen LogP contribution in [0, 0.1) is 17.0 Å². The van der Waals surface area contributed by atoms with Gasteiger partial charge in [-0.05, 0) is 12.5 Å². The number of aryl methyl sites for hydroxylation is 1. The normalized spacial score (nSPS) is 10.0. The highest BCUT2D eigenvalue weighted by atomic mass is 16.6. The monoisotopic (exact) mass is 236 g/mol. The third kappa shape index (κ3) is 3.29. The molecule has 0 bridgehead atoms. The van der Waals surface area contributed by atoms with Crippen LogP contribution in [0.4, 0.5) is 11.4 Å². The Kier molecular flexibility index (Phi) is 4.66. The predicted octanol–water partition coefficient (Wildman–Crippen LogP) is 1.89. The summed E-state index contributed by atoms with van der Waals surface area (Å²) < 4.78 is 0. The Morgan fingerprint density at radius 1 is 1.59 bits per heavy atom. The number of non-ortho nitro benzene ring substituents is 1. The highest BCUT2D eigenvalue weighted by Gasteiger charge is 2.13. The molecular weight excluding hydrogens is 220 g/mol. The second-order valence-corrected chi connectivity index (χ2v) is 3.69. The topological polar surface area (TPSA) is 66.6 Å². The number of anilines is 1. The van der Waals surface area contributed by atoms with Crippen LogP contribution in [-0.4, -0.2) is 29.7 Å². The van der Waals surface area contributed by atoms with Crippen molar-refractivity contribution in [2.45, 2.75) is 6.92 Å². The van der Waals surface area contributed by atoms with E-state index in [1.807, 2.05) is 11.8 Å². The summed E-state index contributed by atoms with van der Waals surface area (Å²) in [7, 11) is 0. The highest BCUT2D eigenvalue weighted by molar-refractivity contribution is 5.59. The van der Waals surface area contributed by atoms with Crippen LogP contribution in [0.2, 0.25) is 0 Å². The first-order valence-electron chi connectivity index (χ1n) is 5.32. The van der Waals surface area contributed by atoms with Gasteiger partial charge in [-0.2, -0.15) is 0 Å². The van der Waals surface area contributed by atoms with E-state index in [0.29, 0.717) is 13.1 Å². The standard InChI is InChI=1S/C12H16N2O3/c1-3-6-13(7-8-15)12-9-11(14(16)17)5-4-10(12)2/h3-5,9,15H,1,6-8H2,2H3. The van der Waals surface area contributed by atoms with Gasteiger partial charge in [0.1, 0.15) is 0 Å². The summed E-state index contributed by atoms with van der Waals surface area (Å²) in [6.45, 7) is 6.48. The van der Waals surface area contributed by atoms with E-state index >= 15 is 0 Å². The SMILES string of the molecule is C=CCN(CCO)c1cc([N+](=O)[O-])ccc1C. The molecule has 0 atom stereocenters. The molecule has 1 aromatic carbocycles. The number of benzene rings is 1. The molecule has 0 aliphatic carbocycles. The van der Waals surface area contributed by atoms with Gasteiger partial charge in [0.15, 0.2) is 0 Å². The van der Waals surface area contributed by atoms with E-state index in [2.05, 4.69) is 6.58 Å². The lowest BCUT2D eigenvalue weighted by Crippen LogP contribution is -2.27. The zero-order valence-electron chi connectivity index (χ0n) is 9.80.